The van der Waals surface area contributed by atoms with Crippen LogP contribution in [0.1, 0.15) is 18.4 Å². The molecule has 27 heavy (non-hydrogen) atoms. The molecule has 2 rings (SSSR count). The van der Waals surface area contributed by atoms with Crippen LogP contribution in [0.25, 0.3) is 6.08 Å². The second-order valence-electron chi connectivity index (χ2n) is 6.25. The largest absolute Gasteiger partial charge is 0.573 e. The van der Waals surface area contributed by atoms with Crippen molar-refractivity contribution in [2.24, 2.45) is 0 Å². The normalized spacial score (nSPS) is 16.9. The number of sulfonamides is 1. The monoisotopic (exact) mass is 406 g/mol. The second-order valence-corrected chi connectivity index (χ2v) is 8.30. The summed E-state index contributed by atoms with van der Waals surface area (Å²) in [5.41, 5.74) is 0.134. The van der Waals surface area contributed by atoms with Crippen LogP contribution in [0, 0.1) is 0 Å². The summed E-state index contributed by atoms with van der Waals surface area (Å²) in [6, 6.07) is 5.36. The smallest absolute Gasteiger partial charge is 0.405 e. The number of amides is 1. The molecule has 1 aromatic carbocycles. The molecule has 1 amide bonds. The maximum atomic E-state index is 12.4. The maximum absolute atomic E-state index is 12.4. The number of hydrogen-bond donors (Lipinski definition) is 0. The Hall–Kier alpha value is -2.07. The second kappa shape index (κ2) is 8.30. The molecule has 6 nitrogen and oxygen atoms in total. The van der Waals surface area contributed by atoms with Gasteiger partial charge in [0.25, 0.3) is 0 Å². The highest BCUT2D eigenvalue weighted by atomic mass is 32.2. The third-order valence-electron chi connectivity index (χ3n) is 4.36. The van der Waals surface area contributed by atoms with Crippen LogP contribution in [0.4, 0.5) is 13.2 Å². The van der Waals surface area contributed by atoms with Gasteiger partial charge in [0.05, 0.1) is 6.26 Å². The van der Waals surface area contributed by atoms with Crippen molar-refractivity contribution in [2.75, 3.05) is 26.4 Å². The van der Waals surface area contributed by atoms with Crippen LogP contribution in [0.5, 0.6) is 5.75 Å². The van der Waals surface area contributed by atoms with E-state index in [2.05, 4.69) is 4.74 Å². The number of halogens is 3. The number of carbonyl (C=O) groups excluding carboxylic acids is 1. The van der Waals surface area contributed by atoms with E-state index in [0.29, 0.717) is 25.9 Å². The first-order valence-electron chi connectivity index (χ1n) is 8.22. The van der Waals surface area contributed by atoms with E-state index in [1.54, 1.807) is 6.07 Å². The molecular weight excluding hydrogens is 385 g/mol. The van der Waals surface area contributed by atoms with Crippen molar-refractivity contribution in [1.29, 1.82) is 0 Å². The van der Waals surface area contributed by atoms with Gasteiger partial charge < -0.3 is 9.64 Å². The van der Waals surface area contributed by atoms with Crippen LogP contribution in [0.15, 0.2) is 30.3 Å². The number of nitrogens with zero attached hydrogens (tertiary/aromatic N) is 2. The van der Waals surface area contributed by atoms with Crippen molar-refractivity contribution in [3.05, 3.63) is 35.9 Å². The van der Waals surface area contributed by atoms with Crippen molar-refractivity contribution in [2.45, 2.75) is 25.2 Å². The van der Waals surface area contributed by atoms with E-state index in [4.69, 9.17) is 0 Å². The number of hydrogen-bond acceptors (Lipinski definition) is 4. The quantitative estimate of drug-likeness (QED) is 0.705. The standard InChI is InChI=1S/C17H21F3N2O4S/c1-21(27(2,24)25)14-9-11-22(12-10-14)16(23)8-7-13-5-3-4-6-15(13)26-17(18,19)20/h3-8,14H,9-12H2,1-2H3/b8-7-. The average molecular weight is 406 g/mol. The number of rotatable bonds is 5. The van der Waals surface area contributed by atoms with E-state index in [9.17, 15) is 26.4 Å². The van der Waals surface area contributed by atoms with Gasteiger partial charge in [0.1, 0.15) is 5.75 Å². The Morgan fingerprint density at radius 3 is 2.41 bits per heavy atom. The lowest BCUT2D eigenvalue weighted by Crippen LogP contribution is -2.46. The molecule has 0 atom stereocenters. The minimum Gasteiger partial charge on any atom is -0.405 e. The van der Waals surface area contributed by atoms with E-state index in [-0.39, 0.29) is 23.3 Å². The molecule has 1 aliphatic rings. The fourth-order valence-corrected chi connectivity index (χ4v) is 3.58. The van der Waals surface area contributed by atoms with Gasteiger partial charge in [0.2, 0.25) is 15.9 Å². The van der Waals surface area contributed by atoms with E-state index >= 15 is 0 Å². The van der Waals surface area contributed by atoms with Gasteiger partial charge in [-0.05, 0) is 25.0 Å². The minimum absolute atomic E-state index is 0.134. The van der Waals surface area contributed by atoms with E-state index in [1.807, 2.05) is 0 Å². The predicted molar refractivity (Wildman–Crippen MR) is 94.4 cm³/mol. The van der Waals surface area contributed by atoms with E-state index in [0.717, 1.165) is 6.26 Å². The van der Waals surface area contributed by atoms with Crippen LogP contribution >= 0.6 is 0 Å². The first-order chi connectivity index (χ1) is 12.5. The molecule has 0 aliphatic carbocycles. The maximum Gasteiger partial charge on any atom is 0.573 e. The molecular formula is C17H21F3N2O4S. The molecule has 0 radical (unpaired) electrons. The molecule has 1 aromatic rings. The summed E-state index contributed by atoms with van der Waals surface area (Å²) < 4.78 is 65.7. The Balaban J connectivity index is 1.99. The average Bonchev–Trinajstić information content (AvgIpc) is 2.58. The Kier molecular flexibility index (Phi) is 6.53. The first kappa shape index (κ1) is 21.2. The molecule has 10 heteroatoms. The zero-order valence-corrected chi connectivity index (χ0v) is 15.8. The number of piperidine rings is 1. The molecule has 0 saturated carbocycles. The van der Waals surface area contributed by atoms with Gasteiger partial charge in [0, 0.05) is 37.8 Å². The van der Waals surface area contributed by atoms with Gasteiger partial charge >= 0.3 is 6.36 Å². The van der Waals surface area contributed by atoms with Crippen LogP contribution in [0.3, 0.4) is 0 Å². The lowest BCUT2D eigenvalue weighted by molar-refractivity contribution is -0.274. The first-order valence-corrected chi connectivity index (χ1v) is 10.1. The molecule has 150 valence electrons. The summed E-state index contributed by atoms with van der Waals surface area (Å²) in [6.45, 7) is 0.739. The summed E-state index contributed by atoms with van der Waals surface area (Å²) in [5, 5.41) is 0. The van der Waals surface area contributed by atoms with Gasteiger partial charge in [-0.15, -0.1) is 13.2 Å². The molecule has 0 aromatic heterocycles. The SMILES string of the molecule is CN(C1CCN(C(=O)/C=C\c2ccccc2OC(F)(F)F)CC1)S(C)(=O)=O. The topological polar surface area (TPSA) is 66.9 Å². The Bertz CT molecular complexity index is 801. The molecule has 0 bridgehead atoms. The van der Waals surface area contributed by atoms with Crippen molar-refractivity contribution in [3.63, 3.8) is 0 Å². The summed E-state index contributed by atoms with van der Waals surface area (Å²) in [6.07, 6.45) is -0.222. The van der Waals surface area contributed by atoms with Crippen LogP contribution in [-0.2, 0) is 14.8 Å². The third-order valence-corrected chi connectivity index (χ3v) is 5.71. The van der Waals surface area contributed by atoms with E-state index < -0.39 is 16.4 Å². The zero-order chi connectivity index (χ0) is 20.2. The molecule has 1 saturated heterocycles. The summed E-state index contributed by atoms with van der Waals surface area (Å²) in [4.78, 5) is 13.8. The summed E-state index contributed by atoms with van der Waals surface area (Å²) in [5.74, 6) is -0.736. The van der Waals surface area contributed by atoms with Gasteiger partial charge in [-0.2, -0.15) is 0 Å². The number of alkyl halides is 3. The predicted octanol–water partition coefficient (Wildman–Crippen LogP) is 2.48. The van der Waals surface area contributed by atoms with Crippen LogP contribution < -0.4 is 4.74 Å². The Morgan fingerprint density at radius 1 is 1.26 bits per heavy atom. The zero-order valence-electron chi connectivity index (χ0n) is 14.9. The Labute approximate surface area is 156 Å². The minimum atomic E-state index is -4.82. The van der Waals surface area contributed by atoms with Crippen molar-refractivity contribution in [1.82, 2.24) is 9.21 Å². The Morgan fingerprint density at radius 2 is 1.85 bits per heavy atom. The van der Waals surface area contributed by atoms with Crippen molar-refractivity contribution in [3.8, 4) is 5.75 Å². The lowest BCUT2D eigenvalue weighted by Gasteiger charge is -2.35. The van der Waals surface area contributed by atoms with E-state index in [1.165, 1.54) is 46.6 Å². The lowest BCUT2D eigenvalue weighted by atomic mass is 10.1. The summed E-state index contributed by atoms with van der Waals surface area (Å²) >= 11 is 0. The third kappa shape index (κ3) is 6.24. The molecule has 0 unspecified atom stereocenters. The number of para-hydroxylation sites is 1. The highest BCUT2D eigenvalue weighted by Crippen LogP contribution is 2.27. The van der Waals surface area contributed by atoms with Gasteiger partial charge in [-0.3, -0.25) is 4.79 Å². The fourth-order valence-electron chi connectivity index (χ4n) is 2.82. The molecule has 1 heterocycles. The van der Waals surface area contributed by atoms with Gasteiger partial charge in [-0.25, -0.2) is 12.7 Å². The number of ether oxygens (including phenoxy) is 1. The highest BCUT2D eigenvalue weighted by molar-refractivity contribution is 7.88. The van der Waals surface area contributed by atoms with Crippen LogP contribution in [-0.4, -0.2) is 62.3 Å². The number of carbonyl (C=O) groups is 1. The van der Waals surface area contributed by atoms with Crippen LogP contribution in [0.2, 0.25) is 0 Å². The number of benzene rings is 1. The molecule has 1 aliphatic heterocycles. The molecule has 0 spiro atoms. The molecule has 0 N–H and O–H groups in total. The fraction of sp³-hybridized carbons (Fsp3) is 0.471. The van der Waals surface area contributed by atoms with Gasteiger partial charge in [-0.1, -0.05) is 18.2 Å². The highest BCUT2D eigenvalue weighted by Gasteiger charge is 2.32. The van der Waals surface area contributed by atoms with Crippen molar-refractivity contribution >= 4 is 22.0 Å². The number of likely N-dealkylation sites (tertiary alicyclic amines) is 1. The van der Waals surface area contributed by atoms with Crippen molar-refractivity contribution < 1.29 is 31.1 Å². The summed E-state index contributed by atoms with van der Waals surface area (Å²) in [7, 11) is -1.79. The van der Waals surface area contributed by atoms with Gasteiger partial charge in [0.15, 0.2) is 0 Å². The molecule has 1 fully saturated rings.